The summed E-state index contributed by atoms with van der Waals surface area (Å²) in [6, 6.07) is 11.7. The van der Waals surface area contributed by atoms with Gasteiger partial charge in [0.2, 0.25) is 0 Å². The summed E-state index contributed by atoms with van der Waals surface area (Å²) in [5.74, 6) is 0. The van der Waals surface area contributed by atoms with Gasteiger partial charge in [0.15, 0.2) is 5.13 Å². The van der Waals surface area contributed by atoms with Gasteiger partial charge in [0.25, 0.3) is 0 Å². The molecule has 2 amide bonds. The minimum Gasteiger partial charge on any atom is -0.308 e. The first-order chi connectivity index (χ1) is 11.0. The summed E-state index contributed by atoms with van der Waals surface area (Å²) in [4.78, 5) is 17.8. The van der Waals surface area contributed by atoms with Gasteiger partial charge in [-0.1, -0.05) is 23.5 Å². The largest absolute Gasteiger partial charge is 0.325 e. The van der Waals surface area contributed by atoms with Crippen LogP contribution in [0.4, 0.5) is 15.6 Å². The number of hydrogen-bond acceptors (Lipinski definition) is 4. The molecule has 6 heteroatoms. The SMILES string of the molecule is CSc1cccc2sc(NC(=O)Nc3cc(C)cc(C)c3)nc12. The zero-order chi connectivity index (χ0) is 16.4. The molecular weight excluding hydrogens is 326 g/mol. The maximum Gasteiger partial charge on any atom is 0.325 e. The molecule has 0 spiro atoms. The van der Waals surface area contributed by atoms with Gasteiger partial charge in [0.1, 0.15) is 0 Å². The molecule has 2 N–H and O–H groups in total. The molecule has 1 aromatic heterocycles. The Hall–Kier alpha value is -2.05. The van der Waals surface area contributed by atoms with Crippen LogP contribution in [0.2, 0.25) is 0 Å². The van der Waals surface area contributed by atoms with E-state index in [9.17, 15) is 4.79 Å². The number of benzene rings is 2. The number of carbonyl (C=O) groups excluding carboxylic acids is 1. The van der Waals surface area contributed by atoms with Crippen LogP contribution in [-0.2, 0) is 0 Å². The van der Waals surface area contributed by atoms with Crippen molar-refractivity contribution >= 4 is 50.2 Å². The van der Waals surface area contributed by atoms with Crippen molar-refractivity contribution in [3.8, 4) is 0 Å². The minimum absolute atomic E-state index is 0.278. The zero-order valence-corrected chi connectivity index (χ0v) is 14.8. The number of urea groups is 1. The molecule has 0 fully saturated rings. The number of amides is 2. The summed E-state index contributed by atoms with van der Waals surface area (Å²) in [5, 5.41) is 6.27. The van der Waals surface area contributed by atoms with E-state index in [1.807, 2.05) is 50.4 Å². The lowest BCUT2D eigenvalue weighted by molar-refractivity contribution is 0.262. The van der Waals surface area contributed by atoms with Crippen LogP contribution < -0.4 is 10.6 Å². The number of aryl methyl sites for hydroxylation is 2. The molecule has 23 heavy (non-hydrogen) atoms. The van der Waals surface area contributed by atoms with E-state index in [0.29, 0.717) is 5.13 Å². The van der Waals surface area contributed by atoms with E-state index < -0.39 is 0 Å². The predicted octanol–water partition coefficient (Wildman–Crippen LogP) is 5.28. The molecular formula is C17H17N3OS2. The van der Waals surface area contributed by atoms with Crippen molar-refractivity contribution in [3.05, 3.63) is 47.5 Å². The normalized spacial score (nSPS) is 10.7. The molecule has 0 atom stereocenters. The number of rotatable bonds is 3. The third-order valence-corrected chi connectivity index (χ3v) is 5.01. The van der Waals surface area contributed by atoms with Gasteiger partial charge in [-0.2, -0.15) is 0 Å². The molecule has 118 valence electrons. The van der Waals surface area contributed by atoms with E-state index in [0.717, 1.165) is 31.9 Å². The average Bonchev–Trinajstić information content (AvgIpc) is 2.87. The highest BCUT2D eigenvalue weighted by Gasteiger charge is 2.10. The van der Waals surface area contributed by atoms with E-state index in [1.54, 1.807) is 11.8 Å². The fourth-order valence-corrected chi connectivity index (χ4v) is 3.96. The first kappa shape index (κ1) is 15.8. The van der Waals surface area contributed by atoms with Crippen molar-refractivity contribution in [2.45, 2.75) is 18.7 Å². The molecule has 4 nitrogen and oxygen atoms in total. The van der Waals surface area contributed by atoms with Crippen LogP contribution in [0.15, 0.2) is 41.3 Å². The van der Waals surface area contributed by atoms with Gasteiger partial charge >= 0.3 is 6.03 Å². The second-order valence-corrected chi connectivity index (χ2v) is 7.16. The van der Waals surface area contributed by atoms with Crippen LogP contribution >= 0.6 is 23.1 Å². The lowest BCUT2D eigenvalue weighted by Crippen LogP contribution is -2.19. The Morgan fingerprint density at radius 3 is 2.57 bits per heavy atom. The van der Waals surface area contributed by atoms with Gasteiger partial charge in [-0.25, -0.2) is 9.78 Å². The Kier molecular flexibility index (Phi) is 4.54. The average molecular weight is 343 g/mol. The Labute approximate surface area is 143 Å². The highest BCUT2D eigenvalue weighted by Crippen LogP contribution is 2.32. The quantitative estimate of drug-likeness (QED) is 0.636. The van der Waals surface area contributed by atoms with Gasteiger partial charge in [-0.3, -0.25) is 5.32 Å². The van der Waals surface area contributed by atoms with Crippen LogP contribution in [0.1, 0.15) is 11.1 Å². The summed E-state index contributed by atoms with van der Waals surface area (Å²) < 4.78 is 1.07. The number of thioether (sulfide) groups is 1. The van der Waals surface area contributed by atoms with Crippen molar-refractivity contribution in [2.24, 2.45) is 0 Å². The Morgan fingerprint density at radius 2 is 1.87 bits per heavy atom. The lowest BCUT2D eigenvalue weighted by atomic mass is 10.1. The fourth-order valence-electron chi connectivity index (χ4n) is 2.45. The summed E-state index contributed by atoms with van der Waals surface area (Å²) >= 11 is 3.13. The van der Waals surface area contributed by atoms with Crippen molar-refractivity contribution in [1.29, 1.82) is 0 Å². The first-order valence-corrected chi connectivity index (χ1v) is 9.19. The summed E-state index contributed by atoms with van der Waals surface area (Å²) in [6.07, 6.45) is 2.02. The predicted molar refractivity (Wildman–Crippen MR) is 100.0 cm³/mol. The number of nitrogens with one attached hydrogen (secondary N) is 2. The number of hydrogen-bond donors (Lipinski definition) is 2. The van der Waals surface area contributed by atoms with Gasteiger partial charge in [-0.15, -0.1) is 11.8 Å². The zero-order valence-electron chi connectivity index (χ0n) is 13.1. The van der Waals surface area contributed by atoms with Crippen molar-refractivity contribution in [2.75, 3.05) is 16.9 Å². The molecule has 0 aliphatic heterocycles. The molecule has 1 heterocycles. The van der Waals surface area contributed by atoms with Crippen molar-refractivity contribution < 1.29 is 4.79 Å². The molecule has 0 saturated heterocycles. The van der Waals surface area contributed by atoms with Gasteiger partial charge in [0, 0.05) is 10.6 Å². The van der Waals surface area contributed by atoms with Crippen LogP contribution in [0.5, 0.6) is 0 Å². The van der Waals surface area contributed by atoms with E-state index in [4.69, 9.17) is 0 Å². The minimum atomic E-state index is -0.278. The molecule has 0 radical (unpaired) electrons. The number of para-hydroxylation sites is 1. The topological polar surface area (TPSA) is 54.0 Å². The number of carbonyl (C=O) groups is 1. The maximum atomic E-state index is 12.2. The smallest absolute Gasteiger partial charge is 0.308 e. The highest BCUT2D eigenvalue weighted by molar-refractivity contribution is 7.98. The van der Waals surface area contributed by atoms with Crippen LogP contribution in [-0.4, -0.2) is 17.3 Å². The van der Waals surface area contributed by atoms with Gasteiger partial charge < -0.3 is 5.32 Å². The second kappa shape index (κ2) is 6.60. The molecule has 0 bridgehead atoms. The molecule has 0 aliphatic carbocycles. The second-order valence-electron chi connectivity index (χ2n) is 5.28. The number of nitrogens with zero attached hydrogens (tertiary/aromatic N) is 1. The Balaban J connectivity index is 1.77. The van der Waals surface area contributed by atoms with Crippen LogP contribution in [0, 0.1) is 13.8 Å². The fraction of sp³-hybridized carbons (Fsp3) is 0.176. The third kappa shape index (κ3) is 3.65. The van der Waals surface area contributed by atoms with E-state index in [2.05, 4.69) is 21.7 Å². The monoisotopic (exact) mass is 343 g/mol. The number of aromatic nitrogens is 1. The van der Waals surface area contributed by atoms with E-state index >= 15 is 0 Å². The third-order valence-electron chi connectivity index (χ3n) is 3.30. The molecule has 0 unspecified atom stereocenters. The highest BCUT2D eigenvalue weighted by atomic mass is 32.2. The molecule has 2 aromatic carbocycles. The standard InChI is InChI=1S/C17H17N3OS2/c1-10-7-11(2)9-12(8-10)18-16(21)20-17-19-15-13(22-3)5-4-6-14(15)23-17/h4-9H,1-3H3,(H2,18,19,20,21). The Morgan fingerprint density at radius 1 is 1.13 bits per heavy atom. The first-order valence-electron chi connectivity index (χ1n) is 7.15. The van der Waals surface area contributed by atoms with Gasteiger partial charge in [-0.05, 0) is 55.5 Å². The van der Waals surface area contributed by atoms with Crippen molar-refractivity contribution in [3.63, 3.8) is 0 Å². The molecule has 3 rings (SSSR count). The van der Waals surface area contributed by atoms with Crippen LogP contribution in [0.25, 0.3) is 10.2 Å². The maximum absolute atomic E-state index is 12.2. The molecule has 0 aliphatic rings. The number of fused-ring (bicyclic) bond motifs is 1. The molecule has 0 saturated carbocycles. The van der Waals surface area contributed by atoms with E-state index in [-0.39, 0.29) is 6.03 Å². The number of thiazole rings is 1. The lowest BCUT2D eigenvalue weighted by Gasteiger charge is -2.07. The Bertz CT molecular complexity index is 853. The van der Waals surface area contributed by atoms with Crippen molar-refractivity contribution in [1.82, 2.24) is 4.98 Å². The van der Waals surface area contributed by atoms with Gasteiger partial charge in [0.05, 0.1) is 10.2 Å². The summed E-state index contributed by atoms with van der Waals surface area (Å²) in [5.41, 5.74) is 3.95. The van der Waals surface area contributed by atoms with E-state index in [1.165, 1.54) is 11.3 Å². The van der Waals surface area contributed by atoms with Crippen LogP contribution in [0.3, 0.4) is 0 Å². The molecule has 3 aromatic rings. The number of anilines is 2. The summed E-state index contributed by atoms with van der Waals surface area (Å²) in [6.45, 7) is 4.02. The summed E-state index contributed by atoms with van der Waals surface area (Å²) in [7, 11) is 0.